The van der Waals surface area contributed by atoms with Crippen LogP contribution in [0.1, 0.15) is 22.8 Å². The first-order chi connectivity index (χ1) is 12.5. The fourth-order valence-electron chi connectivity index (χ4n) is 2.35. The number of aromatic nitrogens is 1. The number of carbonyl (C=O) groups is 1. The third-order valence-corrected chi connectivity index (χ3v) is 3.84. The fourth-order valence-corrected chi connectivity index (χ4v) is 2.35. The van der Waals surface area contributed by atoms with Crippen LogP contribution in [0.15, 0.2) is 60.8 Å². The number of benzene rings is 2. The summed E-state index contributed by atoms with van der Waals surface area (Å²) in [6.07, 6.45) is 2.46. The van der Waals surface area contributed by atoms with Gasteiger partial charge in [0.1, 0.15) is 5.82 Å². The van der Waals surface area contributed by atoms with Crippen LogP contribution < -0.4 is 10.6 Å². The van der Waals surface area contributed by atoms with Gasteiger partial charge in [0.25, 0.3) is 5.91 Å². The van der Waals surface area contributed by atoms with Crippen molar-refractivity contribution in [3.8, 4) is 0 Å². The number of nitrogens with one attached hydrogen (secondary N) is 2. The number of nitrogens with zero attached hydrogens (tertiary/aromatic N) is 1. The number of halogens is 2. The molecule has 0 radical (unpaired) electrons. The lowest BCUT2D eigenvalue weighted by Gasteiger charge is -2.08. The second-order valence-electron chi connectivity index (χ2n) is 5.69. The van der Waals surface area contributed by atoms with Gasteiger partial charge in [-0.3, -0.25) is 4.79 Å². The van der Waals surface area contributed by atoms with Crippen molar-refractivity contribution in [2.75, 3.05) is 10.6 Å². The molecule has 0 saturated heterocycles. The Bertz CT molecular complexity index is 909. The van der Waals surface area contributed by atoms with Crippen molar-refractivity contribution >= 4 is 23.1 Å². The smallest absolute Gasteiger partial charge is 0.255 e. The minimum Gasteiger partial charge on any atom is -0.340 e. The highest BCUT2D eigenvalue weighted by atomic mass is 19.2. The number of pyridine rings is 1. The molecule has 2 N–H and O–H groups in total. The Morgan fingerprint density at radius 1 is 0.962 bits per heavy atom. The Kier molecular flexibility index (Phi) is 5.22. The summed E-state index contributed by atoms with van der Waals surface area (Å²) in [4.78, 5) is 16.3. The molecule has 6 heteroatoms. The average Bonchev–Trinajstić information content (AvgIpc) is 2.66. The van der Waals surface area contributed by atoms with Gasteiger partial charge in [0.2, 0.25) is 0 Å². The summed E-state index contributed by atoms with van der Waals surface area (Å²) in [5.74, 6) is -1.98. The largest absolute Gasteiger partial charge is 0.340 e. The molecular weight excluding hydrogens is 336 g/mol. The molecule has 1 heterocycles. The molecule has 1 aromatic heterocycles. The third-order valence-electron chi connectivity index (χ3n) is 3.84. The minimum atomic E-state index is -1.07. The molecule has 0 fully saturated rings. The van der Waals surface area contributed by atoms with Crippen molar-refractivity contribution in [3.05, 3.63) is 83.6 Å². The van der Waals surface area contributed by atoms with Crippen LogP contribution in [0.5, 0.6) is 0 Å². The Balaban J connectivity index is 1.65. The van der Waals surface area contributed by atoms with Crippen molar-refractivity contribution in [2.45, 2.75) is 13.3 Å². The van der Waals surface area contributed by atoms with Crippen LogP contribution in [0.4, 0.5) is 26.0 Å². The molecule has 0 aliphatic rings. The number of carbonyl (C=O) groups excluding carboxylic acids is 1. The van der Waals surface area contributed by atoms with Crippen molar-refractivity contribution in [2.24, 2.45) is 0 Å². The number of hydrogen-bond donors (Lipinski definition) is 2. The van der Waals surface area contributed by atoms with E-state index >= 15 is 0 Å². The first kappa shape index (κ1) is 17.5. The van der Waals surface area contributed by atoms with Gasteiger partial charge in [-0.1, -0.05) is 19.1 Å². The van der Waals surface area contributed by atoms with Crippen LogP contribution in [-0.2, 0) is 6.42 Å². The monoisotopic (exact) mass is 353 g/mol. The summed E-state index contributed by atoms with van der Waals surface area (Å²) in [7, 11) is 0. The molecule has 0 spiro atoms. The van der Waals surface area contributed by atoms with Gasteiger partial charge >= 0.3 is 0 Å². The molecule has 0 aliphatic carbocycles. The van der Waals surface area contributed by atoms with E-state index in [0.717, 1.165) is 24.2 Å². The molecule has 3 aromatic rings. The maximum Gasteiger partial charge on any atom is 0.255 e. The van der Waals surface area contributed by atoms with Crippen molar-refractivity contribution in [1.29, 1.82) is 0 Å². The minimum absolute atomic E-state index is 0.0297. The normalized spacial score (nSPS) is 10.4. The van der Waals surface area contributed by atoms with Gasteiger partial charge in [0, 0.05) is 11.3 Å². The number of amides is 1. The quantitative estimate of drug-likeness (QED) is 0.685. The Morgan fingerprint density at radius 2 is 1.69 bits per heavy atom. The van der Waals surface area contributed by atoms with Gasteiger partial charge in [-0.05, 0) is 54.4 Å². The molecular formula is C20H17F2N3O. The number of rotatable bonds is 5. The first-order valence-corrected chi connectivity index (χ1v) is 8.13. The number of hydrogen-bond acceptors (Lipinski definition) is 3. The van der Waals surface area contributed by atoms with E-state index in [2.05, 4.69) is 22.5 Å². The highest BCUT2D eigenvalue weighted by molar-refractivity contribution is 6.04. The van der Waals surface area contributed by atoms with E-state index in [-0.39, 0.29) is 5.56 Å². The van der Waals surface area contributed by atoms with E-state index in [1.807, 2.05) is 24.3 Å². The van der Waals surface area contributed by atoms with E-state index in [0.29, 0.717) is 11.5 Å². The molecule has 3 rings (SSSR count). The Morgan fingerprint density at radius 3 is 2.31 bits per heavy atom. The SMILES string of the molecule is CCc1ccc(Nc2ccc(NC(=O)c3ccc(F)c(F)c3)cn2)cc1. The van der Waals surface area contributed by atoms with Crippen LogP contribution in [0.2, 0.25) is 0 Å². The Hall–Kier alpha value is -3.28. The Labute approximate surface area is 149 Å². The molecule has 0 atom stereocenters. The molecule has 0 unspecified atom stereocenters. The van der Waals surface area contributed by atoms with Crippen LogP contribution in [0.3, 0.4) is 0 Å². The molecule has 4 nitrogen and oxygen atoms in total. The summed E-state index contributed by atoms with van der Waals surface area (Å²) in [5.41, 5.74) is 2.64. The molecule has 132 valence electrons. The maximum atomic E-state index is 13.2. The highest BCUT2D eigenvalue weighted by Crippen LogP contribution is 2.18. The standard InChI is InChI=1S/C20H17F2N3O/c1-2-13-3-6-15(7-4-13)24-19-10-8-16(12-23-19)25-20(26)14-5-9-17(21)18(22)11-14/h3-12H,2H2,1H3,(H,23,24)(H,25,26). The second kappa shape index (κ2) is 7.74. The molecule has 1 amide bonds. The maximum absolute atomic E-state index is 13.2. The predicted molar refractivity (Wildman–Crippen MR) is 97.7 cm³/mol. The van der Waals surface area contributed by atoms with E-state index in [9.17, 15) is 13.6 Å². The van der Waals surface area contributed by atoms with Gasteiger partial charge in [0.15, 0.2) is 11.6 Å². The van der Waals surface area contributed by atoms with E-state index in [1.165, 1.54) is 17.8 Å². The number of aryl methyl sites for hydroxylation is 1. The van der Waals surface area contributed by atoms with Crippen LogP contribution >= 0.6 is 0 Å². The van der Waals surface area contributed by atoms with Gasteiger partial charge in [-0.25, -0.2) is 13.8 Å². The molecule has 2 aromatic carbocycles. The molecule has 0 saturated carbocycles. The topological polar surface area (TPSA) is 54.0 Å². The lowest BCUT2D eigenvalue weighted by Crippen LogP contribution is -2.12. The molecule has 0 aliphatic heterocycles. The summed E-state index contributed by atoms with van der Waals surface area (Å²) >= 11 is 0. The summed E-state index contributed by atoms with van der Waals surface area (Å²) < 4.78 is 26.1. The van der Waals surface area contributed by atoms with E-state index < -0.39 is 17.5 Å². The van der Waals surface area contributed by atoms with Crippen molar-refractivity contribution in [3.63, 3.8) is 0 Å². The molecule has 26 heavy (non-hydrogen) atoms. The fraction of sp³-hybridized carbons (Fsp3) is 0.100. The van der Waals surface area contributed by atoms with Gasteiger partial charge < -0.3 is 10.6 Å². The summed E-state index contributed by atoms with van der Waals surface area (Å²) in [5, 5.41) is 5.76. The average molecular weight is 353 g/mol. The van der Waals surface area contributed by atoms with Gasteiger partial charge in [-0.2, -0.15) is 0 Å². The van der Waals surface area contributed by atoms with E-state index in [4.69, 9.17) is 0 Å². The van der Waals surface area contributed by atoms with Crippen molar-refractivity contribution < 1.29 is 13.6 Å². The zero-order valence-electron chi connectivity index (χ0n) is 14.1. The van der Waals surface area contributed by atoms with Crippen LogP contribution in [0, 0.1) is 11.6 Å². The third kappa shape index (κ3) is 4.22. The van der Waals surface area contributed by atoms with E-state index in [1.54, 1.807) is 12.1 Å². The first-order valence-electron chi connectivity index (χ1n) is 8.13. The lowest BCUT2D eigenvalue weighted by atomic mass is 10.1. The lowest BCUT2D eigenvalue weighted by molar-refractivity contribution is 0.102. The zero-order chi connectivity index (χ0) is 18.5. The van der Waals surface area contributed by atoms with Gasteiger partial charge in [0.05, 0.1) is 11.9 Å². The zero-order valence-corrected chi connectivity index (χ0v) is 14.1. The predicted octanol–water partition coefficient (Wildman–Crippen LogP) is 4.92. The summed E-state index contributed by atoms with van der Waals surface area (Å²) in [6, 6.07) is 14.4. The van der Waals surface area contributed by atoms with Crippen molar-refractivity contribution in [1.82, 2.24) is 4.98 Å². The van der Waals surface area contributed by atoms with Crippen LogP contribution in [0.25, 0.3) is 0 Å². The second-order valence-corrected chi connectivity index (χ2v) is 5.69. The highest BCUT2D eigenvalue weighted by Gasteiger charge is 2.10. The van der Waals surface area contributed by atoms with Gasteiger partial charge in [-0.15, -0.1) is 0 Å². The summed E-state index contributed by atoms with van der Waals surface area (Å²) in [6.45, 7) is 2.09. The molecule has 0 bridgehead atoms. The number of anilines is 3. The van der Waals surface area contributed by atoms with Crippen LogP contribution in [-0.4, -0.2) is 10.9 Å².